The highest BCUT2D eigenvalue weighted by atomic mass is 32.1. The second kappa shape index (κ2) is 3.48. The number of aromatic nitrogens is 1. The Hall–Kier alpha value is -1.67. The average molecular weight is 210 g/mol. The van der Waals surface area contributed by atoms with Crippen LogP contribution in [-0.2, 0) is 0 Å². The molecule has 0 amide bonds. The van der Waals surface area contributed by atoms with E-state index in [2.05, 4.69) is 34.6 Å². The third-order valence-corrected chi connectivity index (χ3v) is 3.24. The summed E-state index contributed by atoms with van der Waals surface area (Å²) >= 11 is 1.74. The number of nitrogens with zero attached hydrogens (tertiary/aromatic N) is 1. The fraction of sp³-hybridized carbons (Fsp3) is 0. The molecule has 0 saturated carbocycles. The Morgan fingerprint density at radius 3 is 3.13 bits per heavy atom. The van der Waals surface area contributed by atoms with E-state index in [1.165, 1.54) is 10.1 Å². The minimum atomic E-state index is 1.11. The molecule has 2 heteroatoms. The lowest BCUT2D eigenvalue weighted by atomic mass is 10.1. The Bertz CT molecular complexity index is 584. The van der Waals surface area contributed by atoms with Gasteiger partial charge >= 0.3 is 0 Å². The van der Waals surface area contributed by atoms with Gasteiger partial charge in [0, 0.05) is 22.7 Å². The molecule has 3 rings (SSSR count). The zero-order valence-corrected chi connectivity index (χ0v) is 8.79. The van der Waals surface area contributed by atoms with Crippen molar-refractivity contribution in [1.82, 2.24) is 4.98 Å². The standard InChI is InChI=1S/C13H8NS/c1-2-12(9-14-6-1)10-3-4-13-11(8-10)5-7-15-13/h1-2,4-9H. The zero-order valence-electron chi connectivity index (χ0n) is 7.97. The molecule has 71 valence electrons. The van der Waals surface area contributed by atoms with Crippen LogP contribution in [0.4, 0.5) is 0 Å². The maximum absolute atomic E-state index is 4.11. The van der Waals surface area contributed by atoms with E-state index in [1.54, 1.807) is 17.5 Å². The normalized spacial score (nSPS) is 10.7. The molecule has 3 aromatic rings. The van der Waals surface area contributed by atoms with Gasteiger partial charge < -0.3 is 0 Å². The van der Waals surface area contributed by atoms with Crippen LogP contribution in [-0.4, -0.2) is 4.98 Å². The average Bonchev–Trinajstić information content (AvgIpc) is 2.77. The molecular formula is C13H8NS. The van der Waals surface area contributed by atoms with E-state index in [4.69, 9.17) is 0 Å². The third-order valence-electron chi connectivity index (χ3n) is 2.36. The number of benzene rings is 1. The molecule has 15 heavy (non-hydrogen) atoms. The molecule has 0 spiro atoms. The predicted molar refractivity (Wildman–Crippen MR) is 63.9 cm³/mol. The van der Waals surface area contributed by atoms with Crippen molar-refractivity contribution in [2.45, 2.75) is 0 Å². The maximum Gasteiger partial charge on any atom is 0.0349 e. The summed E-state index contributed by atoms with van der Waals surface area (Å²) in [5.74, 6) is 0. The lowest BCUT2D eigenvalue weighted by molar-refractivity contribution is 1.33. The Balaban J connectivity index is 2.19. The highest BCUT2D eigenvalue weighted by Gasteiger charge is 2.00. The number of rotatable bonds is 1. The minimum Gasteiger partial charge on any atom is -0.264 e. The Kier molecular flexibility index (Phi) is 2.00. The quantitative estimate of drug-likeness (QED) is 0.596. The van der Waals surface area contributed by atoms with E-state index in [1.807, 2.05) is 18.3 Å². The SMILES string of the molecule is [c]1cc2sccc2cc1-c1cccnc1. The van der Waals surface area contributed by atoms with Crippen LogP contribution in [0, 0.1) is 6.07 Å². The number of thiophene rings is 1. The maximum atomic E-state index is 4.11. The van der Waals surface area contributed by atoms with Gasteiger partial charge in [-0.05, 0) is 46.7 Å². The highest BCUT2D eigenvalue weighted by Crippen LogP contribution is 2.26. The first-order valence-corrected chi connectivity index (χ1v) is 5.61. The van der Waals surface area contributed by atoms with Crippen LogP contribution in [0.15, 0.2) is 48.1 Å². The van der Waals surface area contributed by atoms with E-state index >= 15 is 0 Å². The summed E-state index contributed by atoms with van der Waals surface area (Å²) in [7, 11) is 0. The van der Waals surface area contributed by atoms with Crippen molar-refractivity contribution >= 4 is 21.4 Å². The number of pyridine rings is 1. The molecule has 0 saturated heterocycles. The van der Waals surface area contributed by atoms with E-state index < -0.39 is 0 Å². The number of fused-ring (bicyclic) bond motifs is 1. The van der Waals surface area contributed by atoms with E-state index in [9.17, 15) is 0 Å². The van der Waals surface area contributed by atoms with Crippen LogP contribution >= 0.6 is 11.3 Å². The van der Waals surface area contributed by atoms with Crippen LogP contribution in [0.3, 0.4) is 0 Å². The van der Waals surface area contributed by atoms with Crippen molar-refractivity contribution in [2.24, 2.45) is 0 Å². The van der Waals surface area contributed by atoms with Gasteiger partial charge in [0.05, 0.1) is 0 Å². The lowest BCUT2D eigenvalue weighted by Crippen LogP contribution is -1.78. The molecule has 1 radical (unpaired) electrons. The second-order valence-corrected chi connectivity index (χ2v) is 4.28. The largest absolute Gasteiger partial charge is 0.264 e. The molecule has 0 bridgehead atoms. The summed E-state index contributed by atoms with van der Waals surface area (Å²) in [6.45, 7) is 0. The molecule has 2 heterocycles. The fourth-order valence-corrected chi connectivity index (χ4v) is 2.35. The lowest BCUT2D eigenvalue weighted by Gasteiger charge is -1.99. The first-order chi connectivity index (χ1) is 7.43. The molecule has 2 aromatic heterocycles. The first kappa shape index (κ1) is 8.62. The summed E-state index contributed by atoms with van der Waals surface area (Å²) in [6, 6.07) is 13.6. The Morgan fingerprint density at radius 1 is 1.27 bits per heavy atom. The topological polar surface area (TPSA) is 12.9 Å². The van der Waals surface area contributed by atoms with Crippen molar-refractivity contribution in [3.05, 3.63) is 54.2 Å². The molecule has 0 aliphatic carbocycles. The Morgan fingerprint density at radius 2 is 2.27 bits per heavy atom. The van der Waals surface area contributed by atoms with Crippen LogP contribution < -0.4 is 0 Å². The van der Waals surface area contributed by atoms with Gasteiger partial charge in [0.25, 0.3) is 0 Å². The van der Waals surface area contributed by atoms with E-state index in [-0.39, 0.29) is 0 Å². The first-order valence-electron chi connectivity index (χ1n) is 4.73. The van der Waals surface area contributed by atoms with E-state index in [0.717, 1.165) is 11.1 Å². The molecule has 0 N–H and O–H groups in total. The van der Waals surface area contributed by atoms with Gasteiger partial charge in [0.15, 0.2) is 0 Å². The van der Waals surface area contributed by atoms with Gasteiger partial charge in [0.1, 0.15) is 0 Å². The second-order valence-electron chi connectivity index (χ2n) is 3.33. The van der Waals surface area contributed by atoms with Crippen molar-refractivity contribution in [1.29, 1.82) is 0 Å². The summed E-state index contributed by atoms with van der Waals surface area (Å²) in [5, 5.41) is 3.38. The van der Waals surface area contributed by atoms with E-state index in [0.29, 0.717) is 0 Å². The summed E-state index contributed by atoms with van der Waals surface area (Å²) in [5.41, 5.74) is 2.22. The van der Waals surface area contributed by atoms with Gasteiger partial charge in [-0.15, -0.1) is 11.3 Å². The van der Waals surface area contributed by atoms with Gasteiger partial charge in [-0.25, -0.2) is 0 Å². The molecular weight excluding hydrogens is 202 g/mol. The monoisotopic (exact) mass is 210 g/mol. The summed E-state index contributed by atoms with van der Waals surface area (Å²) in [4.78, 5) is 4.11. The van der Waals surface area contributed by atoms with Crippen molar-refractivity contribution < 1.29 is 0 Å². The Labute approximate surface area is 92.0 Å². The number of hydrogen-bond donors (Lipinski definition) is 0. The molecule has 0 unspecified atom stereocenters. The summed E-state index contributed by atoms with van der Waals surface area (Å²) in [6.07, 6.45) is 3.65. The van der Waals surface area contributed by atoms with Crippen molar-refractivity contribution in [3.8, 4) is 11.1 Å². The minimum absolute atomic E-state index is 1.11. The molecule has 0 aliphatic rings. The molecule has 1 aromatic carbocycles. The number of hydrogen-bond acceptors (Lipinski definition) is 2. The van der Waals surface area contributed by atoms with Gasteiger partial charge in [-0.3, -0.25) is 4.98 Å². The third kappa shape index (κ3) is 1.53. The van der Waals surface area contributed by atoms with Crippen LogP contribution in [0.1, 0.15) is 0 Å². The van der Waals surface area contributed by atoms with Crippen molar-refractivity contribution in [3.63, 3.8) is 0 Å². The predicted octanol–water partition coefficient (Wildman–Crippen LogP) is 3.76. The van der Waals surface area contributed by atoms with Gasteiger partial charge in [-0.1, -0.05) is 6.07 Å². The van der Waals surface area contributed by atoms with Crippen LogP contribution in [0.5, 0.6) is 0 Å². The molecule has 0 fully saturated rings. The summed E-state index contributed by atoms with van der Waals surface area (Å²) < 4.78 is 1.28. The fourth-order valence-electron chi connectivity index (χ4n) is 1.60. The molecule has 0 aliphatic heterocycles. The van der Waals surface area contributed by atoms with Crippen LogP contribution in [0.2, 0.25) is 0 Å². The van der Waals surface area contributed by atoms with Crippen molar-refractivity contribution in [2.75, 3.05) is 0 Å². The van der Waals surface area contributed by atoms with Gasteiger partial charge in [-0.2, -0.15) is 0 Å². The molecule has 1 nitrogen and oxygen atoms in total. The van der Waals surface area contributed by atoms with Crippen LogP contribution in [0.25, 0.3) is 21.2 Å². The highest BCUT2D eigenvalue weighted by molar-refractivity contribution is 7.17. The smallest absolute Gasteiger partial charge is 0.0349 e. The zero-order chi connectivity index (χ0) is 10.1. The van der Waals surface area contributed by atoms with Gasteiger partial charge in [0.2, 0.25) is 0 Å². The molecule has 0 atom stereocenters.